The van der Waals surface area contributed by atoms with E-state index in [0.29, 0.717) is 12.0 Å². The Morgan fingerprint density at radius 3 is 2.75 bits per heavy atom. The summed E-state index contributed by atoms with van der Waals surface area (Å²) in [5.41, 5.74) is 1.16. The van der Waals surface area contributed by atoms with E-state index >= 15 is 0 Å². The molecule has 1 aromatic carbocycles. The van der Waals surface area contributed by atoms with Gasteiger partial charge in [0.1, 0.15) is 17.5 Å². The summed E-state index contributed by atoms with van der Waals surface area (Å²) in [6, 6.07) is 9.19. The highest BCUT2D eigenvalue weighted by Gasteiger charge is 2.27. The van der Waals surface area contributed by atoms with Crippen LogP contribution in [0.5, 0.6) is 0 Å². The molecule has 2 aliphatic rings. The van der Waals surface area contributed by atoms with Crippen molar-refractivity contribution in [1.29, 1.82) is 0 Å². The fraction of sp³-hybridized carbons (Fsp3) is 0.474. The van der Waals surface area contributed by atoms with Gasteiger partial charge in [-0.05, 0) is 56.0 Å². The molecule has 0 radical (unpaired) electrons. The van der Waals surface area contributed by atoms with Crippen molar-refractivity contribution in [2.24, 2.45) is 0 Å². The standard InChI is InChI=1S/C19H23FN4/c20-16-7-3-14(4-8-16)12-24-11-1-2-17(13-24)22-18-9-10-21-19(23-18)15-5-6-15/h3-4,7-10,15,17H,1-2,5-6,11-13H2,(H,21,22,23). The zero-order chi connectivity index (χ0) is 16.4. The van der Waals surface area contributed by atoms with Gasteiger partial charge < -0.3 is 5.32 Å². The van der Waals surface area contributed by atoms with Crippen LogP contribution in [-0.2, 0) is 6.54 Å². The van der Waals surface area contributed by atoms with Crippen molar-refractivity contribution in [3.8, 4) is 0 Å². The Bertz CT molecular complexity index is 684. The molecule has 2 fully saturated rings. The summed E-state index contributed by atoms with van der Waals surface area (Å²) in [6.45, 7) is 2.95. The van der Waals surface area contributed by atoms with Gasteiger partial charge in [-0.25, -0.2) is 14.4 Å². The van der Waals surface area contributed by atoms with E-state index < -0.39 is 0 Å². The third-order valence-electron chi connectivity index (χ3n) is 4.79. The molecule has 1 aromatic heterocycles. The largest absolute Gasteiger partial charge is 0.366 e. The van der Waals surface area contributed by atoms with Gasteiger partial charge in [-0.15, -0.1) is 0 Å². The molecule has 0 amide bonds. The molecule has 1 unspecified atom stereocenters. The van der Waals surface area contributed by atoms with Crippen LogP contribution in [-0.4, -0.2) is 34.0 Å². The molecule has 2 heterocycles. The van der Waals surface area contributed by atoms with E-state index in [1.54, 1.807) is 0 Å². The number of nitrogens with zero attached hydrogens (tertiary/aromatic N) is 3. The Hall–Kier alpha value is -2.01. The van der Waals surface area contributed by atoms with E-state index in [9.17, 15) is 4.39 Å². The first kappa shape index (κ1) is 15.5. The fourth-order valence-corrected chi connectivity index (χ4v) is 3.37. The molecule has 0 bridgehead atoms. The van der Waals surface area contributed by atoms with E-state index in [4.69, 9.17) is 0 Å². The maximum atomic E-state index is 13.0. The van der Waals surface area contributed by atoms with Gasteiger partial charge in [0, 0.05) is 31.2 Å². The lowest BCUT2D eigenvalue weighted by Crippen LogP contribution is -2.41. The van der Waals surface area contributed by atoms with Crippen LogP contribution in [0.1, 0.15) is 43.0 Å². The molecule has 4 nitrogen and oxygen atoms in total. The smallest absolute Gasteiger partial charge is 0.133 e. The van der Waals surface area contributed by atoms with Crippen LogP contribution in [0.25, 0.3) is 0 Å². The van der Waals surface area contributed by atoms with Crippen LogP contribution < -0.4 is 5.32 Å². The van der Waals surface area contributed by atoms with Crippen LogP contribution in [0.15, 0.2) is 36.5 Å². The molecule has 0 spiro atoms. The minimum atomic E-state index is -0.174. The van der Waals surface area contributed by atoms with Crippen LogP contribution >= 0.6 is 0 Å². The number of aromatic nitrogens is 2. The van der Waals surface area contributed by atoms with Gasteiger partial charge >= 0.3 is 0 Å². The number of rotatable bonds is 5. The maximum absolute atomic E-state index is 13.0. The van der Waals surface area contributed by atoms with E-state index in [1.807, 2.05) is 24.4 Å². The average Bonchev–Trinajstić information content (AvgIpc) is 3.43. The number of likely N-dealkylation sites (tertiary alicyclic amines) is 1. The van der Waals surface area contributed by atoms with Crippen LogP contribution in [0.4, 0.5) is 10.2 Å². The molecule has 1 N–H and O–H groups in total. The van der Waals surface area contributed by atoms with Crippen LogP contribution in [0, 0.1) is 5.82 Å². The number of hydrogen-bond acceptors (Lipinski definition) is 4. The molecule has 1 saturated carbocycles. The zero-order valence-corrected chi connectivity index (χ0v) is 13.8. The third kappa shape index (κ3) is 3.90. The number of halogens is 1. The van der Waals surface area contributed by atoms with Gasteiger partial charge in [-0.3, -0.25) is 4.90 Å². The predicted molar refractivity (Wildman–Crippen MR) is 92.3 cm³/mol. The summed E-state index contributed by atoms with van der Waals surface area (Å²) < 4.78 is 13.0. The number of piperidine rings is 1. The van der Waals surface area contributed by atoms with Crippen molar-refractivity contribution in [1.82, 2.24) is 14.9 Å². The Morgan fingerprint density at radius 2 is 1.96 bits per heavy atom. The van der Waals surface area contributed by atoms with E-state index in [1.165, 1.54) is 31.4 Å². The first-order valence-corrected chi connectivity index (χ1v) is 8.82. The summed E-state index contributed by atoms with van der Waals surface area (Å²) in [6.07, 6.45) is 6.63. The SMILES string of the molecule is Fc1ccc(CN2CCCC(Nc3ccnc(C4CC4)n3)C2)cc1. The summed E-state index contributed by atoms with van der Waals surface area (Å²) >= 11 is 0. The number of hydrogen-bond donors (Lipinski definition) is 1. The van der Waals surface area contributed by atoms with Crippen molar-refractivity contribution in [2.75, 3.05) is 18.4 Å². The quantitative estimate of drug-likeness (QED) is 0.912. The lowest BCUT2D eigenvalue weighted by atomic mass is 10.0. The molecule has 126 valence electrons. The van der Waals surface area contributed by atoms with E-state index in [-0.39, 0.29) is 5.82 Å². The Kier molecular flexibility index (Phi) is 4.43. The fourth-order valence-electron chi connectivity index (χ4n) is 3.37. The van der Waals surface area contributed by atoms with Crippen LogP contribution in [0.2, 0.25) is 0 Å². The third-order valence-corrected chi connectivity index (χ3v) is 4.79. The molecule has 2 aromatic rings. The predicted octanol–water partition coefficient (Wildman–Crippen LogP) is 3.57. The van der Waals surface area contributed by atoms with E-state index in [0.717, 1.165) is 43.3 Å². The summed E-state index contributed by atoms with van der Waals surface area (Å²) in [5, 5.41) is 3.58. The zero-order valence-electron chi connectivity index (χ0n) is 13.8. The molecule has 1 saturated heterocycles. The van der Waals surface area contributed by atoms with Crippen molar-refractivity contribution >= 4 is 5.82 Å². The molecule has 1 aliphatic carbocycles. The summed E-state index contributed by atoms with van der Waals surface area (Å²) in [5.74, 6) is 2.33. The minimum Gasteiger partial charge on any atom is -0.366 e. The topological polar surface area (TPSA) is 41.0 Å². The normalized spacial score (nSPS) is 21.6. The lowest BCUT2D eigenvalue weighted by molar-refractivity contribution is 0.208. The molecule has 1 aliphatic heterocycles. The maximum Gasteiger partial charge on any atom is 0.133 e. The van der Waals surface area contributed by atoms with Crippen molar-refractivity contribution in [2.45, 2.75) is 44.2 Å². The van der Waals surface area contributed by atoms with Gasteiger partial charge in [0.2, 0.25) is 0 Å². The molecular weight excluding hydrogens is 303 g/mol. The van der Waals surface area contributed by atoms with Gasteiger partial charge in [0.05, 0.1) is 0 Å². The molecular formula is C19H23FN4. The van der Waals surface area contributed by atoms with E-state index in [2.05, 4.69) is 20.2 Å². The molecule has 1 atom stereocenters. The minimum absolute atomic E-state index is 0.174. The van der Waals surface area contributed by atoms with Gasteiger partial charge in [-0.1, -0.05) is 12.1 Å². The van der Waals surface area contributed by atoms with Gasteiger partial charge in [0.25, 0.3) is 0 Å². The van der Waals surface area contributed by atoms with Crippen molar-refractivity contribution < 1.29 is 4.39 Å². The lowest BCUT2D eigenvalue weighted by Gasteiger charge is -2.33. The molecule has 5 heteroatoms. The number of benzene rings is 1. The first-order chi connectivity index (χ1) is 11.8. The summed E-state index contributed by atoms with van der Waals surface area (Å²) in [7, 11) is 0. The second-order valence-corrected chi connectivity index (χ2v) is 6.92. The molecule has 24 heavy (non-hydrogen) atoms. The Morgan fingerprint density at radius 1 is 1.12 bits per heavy atom. The van der Waals surface area contributed by atoms with Crippen molar-refractivity contribution in [3.63, 3.8) is 0 Å². The highest BCUT2D eigenvalue weighted by molar-refractivity contribution is 5.35. The van der Waals surface area contributed by atoms with Crippen LogP contribution in [0.3, 0.4) is 0 Å². The van der Waals surface area contributed by atoms with Gasteiger partial charge in [0.15, 0.2) is 0 Å². The Labute approximate surface area is 142 Å². The number of nitrogens with one attached hydrogen (secondary N) is 1. The highest BCUT2D eigenvalue weighted by Crippen LogP contribution is 2.38. The second kappa shape index (κ2) is 6.85. The second-order valence-electron chi connectivity index (χ2n) is 6.92. The average molecular weight is 326 g/mol. The summed E-state index contributed by atoms with van der Waals surface area (Å²) in [4.78, 5) is 11.5. The monoisotopic (exact) mass is 326 g/mol. The Balaban J connectivity index is 1.36. The van der Waals surface area contributed by atoms with Crippen molar-refractivity contribution in [3.05, 3.63) is 53.7 Å². The number of anilines is 1. The highest BCUT2D eigenvalue weighted by atomic mass is 19.1. The van der Waals surface area contributed by atoms with Gasteiger partial charge in [-0.2, -0.15) is 0 Å². The first-order valence-electron chi connectivity index (χ1n) is 8.82. The molecule has 4 rings (SSSR count).